The van der Waals surface area contributed by atoms with Gasteiger partial charge in [0.25, 0.3) is 0 Å². The molecule has 0 aliphatic rings. The molecule has 0 saturated carbocycles. The molecule has 0 saturated heterocycles. The van der Waals surface area contributed by atoms with Crippen LogP contribution in [0.15, 0.2) is 0 Å². The number of aliphatic hydroxyl groups is 2. The van der Waals surface area contributed by atoms with E-state index in [1.807, 2.05) is 0 Å². The second-order valence-corrected chi connectivity index (χ2v) is 5.20. The second kappa shape index (κ2) is 20.9. The van der Waals surface area contributed by atoms with Crippen LogP contribution in [0.3, 0.4) is 0 Å². The zero-order valence-electron chi connectivity index (χ0n) is 13.6. The van der Waals surface area contributed by atoms with Gasteiger partial charge in [-0.05, 0) is 24.7 Å². The van der Waals surface area contributed by atoms with Crippen molar-refractivity contribution in [1.82, 2.24) is 0 Å². The molecule has 0 aromatic rings. The summed E-state index contributed by atoms with van der Waals surface area (Å²) in [4.78, 5) is 0. The summed E-state index contributed by atoms with van der Waals surface area (Å²) in [5.74, 6) is 1.12. The summed E-state index contributed by atoms with van der Waals surface area (Å²) >= 11 is 0. The van der Waals surface area contributed by atoms with Gasteiger partial charge in [0.15, 0.2) is 0 Å². The molecule has 0 aromatic heterocycles. The van der Waals surface area contributed by atoms with Crippen molar-refractivity contribution in [2.75, 3.05) is 13.2 Å². The molecular weight excluding hydrogens is 272 g/mol. The molecule has 0 aliphatic heterocycles. The van der Waals surface area contributed by atoms with Crippen LogP contribution in [-0.2, 0) is 21.7 Å². The van der Waals surface area contributed by atoms with Crippen molar-refractivity contribution in [3.8, 4) is 0 Å². The van der Waals surface area contributed by atoms with Gasteiger partial charge in [-0.25, -0.2) is 0 Å². The third-order valence-electron chi connectivity index (χ3n) is 3.60. The van der Waals surface area contributed by atoms with Crippen LogP contribution >= 0.6 is 0 Å². The van der Waals surface area contributed by atoms with Crippen molar-refractivity contribution in [2.24, 2.45) is 11.8 Å². The molecule has 0 heterocycles. The third kappa shape index (κ3) is 18.6. The van der Waals surface area contributed by atoms with E-state index in [4.69, 9.17) is 10.2 Å². The molecule has 0 aliphatic carbocycles. The topological polar surface area (TPSA) is 40.5 Å². The largest absolute Gasteiger partial charge is 0.396 e. The summed E-state index contributed by atoms with van der Waals surface area (Å²) in [6.07, 6.45) is 9.66. The minimum absolute atomic E-state index is 0. The van der Waals surface area contributed by atoms with Gasteiger partial charge in [0.1, 0.15) is 0 Å². The minimum Gasteiger partial charge on any atom is -0.396 e. The van der Waals surface area contributed by atoms with Crippen LogP contribution in [0.1, 0.15) is 79.1 Å². The maximum absolute atomic E-state index is 8.75. The first kappa shape index (κ1) is 24.6. The van der Waals surface area contributed by atoms with Gasteiger partial charge in [0.05, 0.1) is 0 Å². The Hall–Kier alpha value is 0.634. The molecule has 0 spiro atoms. The smallest absolute Gasteiger partial charge is 0.0459 e. The van der Waals surface area contributed by atoms with Crippen molar-refractivity contribution in [3.63, 3.8) is 0 Å². The SMILES string of the molecule is CCCCC(CC)CO.CCCCC(CC)CO.[Ti]. The van der Waals surface area contributed by atoms with Gasteiger partial charge in [-0.1, -0.05) is 66.2 Å². The maximum Gasteiger partial charge on any atom is 0.0459 e. The van der Waals surface area contributed by atoms with Crippen LogP contribution in [0, 0.1) is 11.8 Å². The third-order valence-corrected chi connectivity index (χ3v) is 3.60. The van der Waals surface area contributed by atoms with E-state index >= 15 is 0 Å². The van der Waals surface area contributed by atoms with Gasteiger partial charge in [0.2, 0.25) is 0 Å². The number of hydrogen-bond donors (Lipinski definition) is 2. The Morgan fingerprint density at radius 1 is 0.684 bits per heavy atom. The van der Waals surface area contributed by atoms with E-state index in [1.165, 1.54) is 38.5 Å². The van der Waals surface area contributed by atoms with Crippen LogP contribution < -0.4 is 0 Å². The molecule has 19 heavy (non-hydrogen) atoms. The predicted molar refractivity (Wildman–Crippen MR) is 80.8 cm³/mol. The van der Waals surface area contributed by atoms with Gasteiger partial charge < -0.3 is 10.2 Å². The molecule has 0 bridgehead atoms. The van der Waals surface area contributed by atoms with Crippen LogP contribution in [0.2, 0.25) is 0 Å². The molecule has 2 nitrogen and oxygen atoms in total. The number of hydrogen-bond acceptors (Lipinski definition) is 2. The van der Waals surface area contributed by atoms with E-state index < -0.39 is 0 Å². The Labute approximate surface area is 136 Å². The molecule has 3 heteroatoms. The van der Waals surface area contributed by atoms with E-state index in [2.05, 4.69) is 27.7 Å². The molecule has 2 unspecified atom stereocenters. The van der Waals surface area contributed by atoms with E-state index in [0.717, 1.165) is 12.8 Å². The summed E-state index contributed by atoms with van der Waals surface area (Å²) in [7, 11) is 0. The standard InChI is InChI=1S/2C8H18O.Ti/c2*1-3-5-6-8(4-2)7-9;/h2*8-9H,3-7H2,1-2H3;. The number of aliphatic hydroxyl groups excluding tert-OH is 2. The van der Waals surface area contributed by atoms with E-state index in [9.17, 15) is 0 Å². The summed E-state index contributed by atoms with van der Waals surface area (Å²) < 4.78 is 0. The minimum atomic E-state index is 0. The van der Waals surface area contributed by atoms with Crippen molar-refractivity contribution >= 4 is 0 Å². The van der Waals surface area contributed by atoms with Gasteiger partial charge in [0, 0.05) is 34.9 Å². The van der Waals surface area contributed by atoms with Crippen molar-refractivity contribution < 1.29 is 31.9 Å². The molecule has 0 aromatic carbocycles. The quantitative estimate of drug-likeness (QED) is 0.588. The van der Waals surface area contributed by atoms with Gasteiger partial charge in [-0.3, -0.25) is 0 Å². The summed E-state index contributed by atoms with van der Waals surface area (Å²) in [6, 6.07) is 0. The fourth-order valence-corrected chi connectivity index (χ4v) is 1.83. The Kier molecular flexibility index (Phi) is 27.2. The molecule has 2 atom stereocenters. The summed E-state index contributed by atoms with van der Waals surface area (Å²) in [5, 5.41) is 17.5. The molecule has 0 amide bonds. The van der Waals surface area contributed by atoms with Crippen LogP contribution in [0.25, 0.3) is 0 Å². The van der Waals surface area contributed by atoms with Crippen LogP contribution in [-0.4, -0.2) is 23.4 Å². The Morgan fingerprint density at radius 2 is 1.00 bits per heavy atom. The Bertz CT molecular complexity index is 119. The van der Waals surface area contributed by atoms with Crippen LogP contribution in [0.5, 0.6) is 0 Å². The first-order valence-electron chi connectivity index (χ1n) is 7.91. The first-order valence-corrected chi connectivity index (χ1v) is 7.91. The fraction of sp³-hybridized carbons (Fsp3) is 1.00. The maximum atomic E-state index is 8.75. The van der Waals surface area contributed by atoms with Gasteiger partial charge >= 0.3 is 0 Å². The molecular formula is C16H36O2Ti. The molecule has 116 valence electrons. The van der Waals surface area contributed by atoms with Crippen molar-refractivity contribution in [3.05, 3.63) is 0 Å². The summed E-state index contributed by atoms with van der Waals surface area (Å²) in [6.45, 7) is 9.38. The second-order valence-electron chi connectivity index (χ2n) is 5.20. The zero-order valence-corrected chi connectivity index (χ0v) is 15.2. The zero-order chi connectivity index (χ0) is 14.2. The van der Waals surface area contributed by atoms with Crippen molar-refractivity contribution in [1.29, 1.82) is 0 Å². The monoisotopic (exact) mass is 308 g/mol. The average Bonchev–Trinajstić information content (AvgIpc) is 2.42. The molecule has 2 N–H and O–H groups in total. The number of rotatable bonds is 10. The van der Waals surface area contributed by atoms with Crippen LogP contribution in [0.4, 0.5) is 0 Å². The van der Waals surface area contributed by atoms with Crippen molar-refractivity contribution in [2.45, 2.75) is 79.1 Å². The van der Waals surface area contributed by atoms with E-state index in [1.54, 1.807) is 0 Å². The Balaban J connectivity index is -0.000000256. The van der Waals surface area contributed by atoms with Gasteiger partial charge in [-0.2, -0.15) is 0 Å². The number of unbranched alkanes of at least 4 members (excludes halogenated alkanes) is 2. The van der Waals surface area contributed by atoms with E-state index in [-0.39, 0.29) is 21.7 Å². The molecule has 0 rings (SSSR count). The first-order chi connectivity index (χ1) is 8.69. The predicted octanol–water partition coefficient (Wildman–Crippen LogP) is 4.39. The fourth-order valence-electron chi connectivity index (χ4n) is 1.83. The molecule has 0 fully saturated rings. The normalized spacial score (nSPS) is 12.9. The van der Waals surface area contributed by atoms with E-state index in [0.29, 0.717) is 25.0 Å². The van der Waals surface area contributed by atoms with Gasteiger partial charge in [-0.15, -0.1) is 0 Å². The summed E-state index contributed by atoms with van der Waals surface area (Å²) in [5.41, 5.74) is 0. The molecule has 0 radical (unpaired) electrons. The average molecular weight is 308 g/mol. The Morgan fingerprint density at radius 3 is 1.16 bits per heavy atom.